The van der Waals surface area contributed by atoms with Crippen molar-refractivity contribution in [3.63, 3.8) is 0 Å². The van der Waals surface area contributed by atoms with E-state index in [0.29, 0.717) is 21.7 Å². The SMILES string of the molecule is CC1(C)[C@H]2CC[C@](C)(C2)[C@@]12N=N[C@@]1([Te]2)C(C)(C)[C@H]2CC[C@]1(C)C2. The summed E-state index contributed by atoms with van der Waals surface area (Å²) >= 11 is -0.322. The Morgan fingerprint density at radius 2 is 1.09 bits per heavy atom. The molecule has 2 nitrogen and oxygen atoms in total. The van der Waals surface area contributed by atoms with Gasteiger partial charge in [0, 0.05) is 0 Å². The fourth-order valence-electron chi connectivity index (χ4n) is 7.84. The fraction of sp³-hybridized carbons (Fsp3) is 1.00. The first-order valence-corrected chi connectivity index (χ1v) is 12.0. The maximum atomic E-state index is 5.35. The van der Waals surface area contributed by atoms with Crippen LogP contribution in [-0.2, 0) is 0 Å². The molecule has 0 unspecified atom stereocenters. The summed E-state index contributed by atoms with van der Waals surface area (Å²) in [7, 11) is 0. The molecule has 23 heavy (non-hydrogen) atoms. The van der Waals surface area contributed by atoms with Gasteiger partial charge in [0.05, 0.1) is 0 Å². The zero-order valence-corrected chi connectivity index (χ0v) is 18.0. The van der Waals surface area contributed by atoms with Crippen LogP contribution >= 0.6 is 0 Å². The fourth-order valence-corrected chi connectivity index (χ4v) is 14.4. The van der Waals surface area contributed by atoms with Gasteiger partial charge < -0.3 is 0 Å². The monoisotopic (exact) mass is 430 g/mol. The number of hydrogen-bond donors (Lipinski definition) is 0. The van der Waals surface area contributed by atoms with E-state index in [4.69, 9.17) is 10.2 Å². The molecule has 1 heterocycles. The minimum absolute atomic E-state index is 0.235. The number of fused-ring (bicyclic) bond motifs is 6. The van der Waals surface area contributed by atoms with Gasteiger partial charge in [-0.05, 0) is 0 Å². The van der Waals surface area contributed by atoms with Crippen LogP contribution in [0.5, 0.6) is 0 Å². The number of rotatable bonds is 0. The zero-order valence-electron chi connectivity index (χ0n) is 15.7. The summed E-state index contributed by atoms with van der Waals surface area (Å²) in [5, 5.41) is 10.7. The third kappa shape index (κ3) is 1.34. The summed E-state index contributed by atoms with van der Waals surface area (Å²) in [4.78, 5) is 0. The van der Waals surface area contributed by atoms with Crippen LogP contribution in [0.3, 0.4) is 0 Å². The van der Waals surface area contributed by atoms with Crippen molar-refractivity contribution >= 4 is 20.9 Å². The number of azo groups is 1. The predicted molar refractivity (Wildman–Crippen MR) is 94.5 cm³/mol. The van der Waals surface area contributed by atoms with Gasteiger partial charge in [-0.25, -0.2) is 0 Å². The van der Waals surface area contributed by atoms with Gasteiger partial charge in [0.25, 0.3) is 0 Å². The van der Waals surface area contributed by atoms with E-state index in [1.54, 1.807) is 0 Å². The molecule has 4 bridgehead atoms. The van der Waals surface area contributed by atoms with Crippen LogP contribution in [0.4, 0.5) is 0 Å². The number of hydrogen-bond acceptors (Lipinski definition) is 2. The quantitative estimate of drug-likeness (QED) is 0.472. The van der Waals surface area contributed by atoms with Crippen molar-refractivity contribution in [3.05, 3.63) is 0 Å². The first-order valence-electron chi connectivity index (χ1n) is 9.68. The molecule has 5 aliphatic rings. The molecule has 0 radical (unpaired) electrons. The van der Waals surface area contributed by atoms with E-state index in [-0.39, 0.29) is 28.1 Å². The van der Waals surface area contributed by atoms with E-state index >= 15 is 0 Å². The molecule has 0 aromatic heterocycles. The van der Waals surface area contributed by atoms with Crippen molar-refractivity contribution in [2.45, 2.75) is 87.2 Å². The van der Waals surface area contributed by atoms with Crippen molar-refractivity contribution in [1.29, 1.82) is 0 Å². The molecule has 5 rings (SSSR count). The van der Waals surface area contributed by atoms with Crippen LogP contribution in [0.25, 0.3) is 0 Å². The molecule has 0 amide bonds. The second-order valence-corrected chi connectivity index (χ2v) is 15.0. The summed E-state index contributed by atoms with van der Waals surface area (Å²) in [6, 6.07) is 0. The molecule has 4 saturated carbocycles. The van der Waals surface area contributed by atoms with E-state index in [1.807, 2.05) is 0 Å². The van der Waals surface area contributed by atoms with E-state index in [9.17, 15) is 0 Å². The molecule has 0 N–H and O–H groups in total. The molecule has 0 saturated heterocycles. The van der Waals surface area contributed by atoms with Crippen molar-refractivity contribution in [2.75, 3.05) is 0 Å². The first-order chi connectivity index (χ1) is 10.5. The summed E-state index contributed by atoms with van der Waals surface area (Å²) in [5.74, 6) is 1.78. The zero-order chi connectivity index (χ0) is 16.5. The van der Waals surface area contributed by atoms with Gasteiger partial charge in [-0.3, -0.25) is 0 Å². The predicted octanol–water partition coefficient (Wildman–Crippen LogP) is 5.24. The molecule has 6 atom stereocenters. The first kappa shape index (κ1) is 15.6. The van der Waals surface area contributed by atoms with Crippen LogP contribution in [-0.4, -0.2) is 28.1 Å². The second-order valence-electron chi connectivity index (χ2n) is 11.0. The van der Waals surface area contributed by atoms with E-state index in [2.05, 4.69) is 41.5 Å². The summed E-state index contributed by atoms with van der Waals surface area (Å²) < 4.78 is 0.470. The van der Waals surface area contributed by atoms with Crippen LogP contribution < -0.4 is 0 Å². The minimum atomic E-state index is -0.322. The standard InChI is InChI=1S/C20H32N2Te/c1-15(2)13-7-9-17(5,11-13)19(15)21-22-20(23-19)16(3,4)14-8-10-18(20,6)12-14/h13-14H,7-12H2,1-6H3/t13-,14-,17+,18+,19+,20+/m0/s1. The van der Waals surface area contributed by atoms with E-state index in [0.717, 1.165) is 11.8 Å². The molecule has 4 fully saturated rings. The van der Waals surface area contributed by atoms with Gasteiger partial charge >= 0.3 is 152 Å². The Bertz CT molecular complexity index is 560. The molecule has 1 aliphatic heterocycles. The molecule has 0 aromatic carbocycles. The van der Waals surface area contributed by atoms with Crippen LogP contribution in [0, 0.1) is 33.5 Å². The Hall–Kier alpha value is 0.390. The molecule has 128 valence electrons. The Morgan fingerprint density at radius 1 is 0.696 bits per heavy atom. The van der Waals surface area contributed by atoms with Crippen molar-refractivity contribution in [2.24, 2.45) is 43.7 Å². The Morgan fingerprint density at radius 3 is 1.39 bits per heavy atom. The second kappa shape index (κ2) is 3.88. The molecular weight excluding hydrogens is 396 g/mol. The Balaban J connectivity index is 1.66. The van der Waals surface area contributed by atoms with Gasteiger partial charge in [-0.15, -0.1) is 0 Å². The van der Waals surface area contributed by atoms with Crippen molar-refractivity contribution in [3.8, 4) is 0 Å². The van der Waals surface area contributed by atoms with E-state index < -0.39 is 0 Å². The van der Waals surface area contributed by atoms with Crippen molar-refractivity contribution < 1.29 is 0 Å². The maximum absolute atomic E-state index is 5.35. The molecule has 3 heteroatoms. The topological polar surface area (TPSA) is 24.7 Å². The molecule has 4 aliphatic carbocycles. The van der Waals surface area contributed by atoms with Crippen LogP contribution in [0.1, 0.15) is 80.1 Å². The summed E-state index contributed by atoms with van der Waals surface area (Å²) in [5.41, 5.74) is 1.66. The molecule has 0 aromatic rings. The van der Waals surface area contributed by atoms with Gasteiger partial charge in [-0.1, -0.05) is 0 Å². The summed E-state index contributed by atoms with van der Waals surface area (Å²) in [6.07, 6.45) is 8.51. The Labute approximate surface area is 151 Å². The third-order valence-electron chi connectivity index (χ3n) is 9.53. The Kier molecular flexibility index (Phi) is 2.64. The van der Waals surface area contributed by atoms with Gasteiger partial charge in [0.15, 0.2) is 0 Å². The average Bonchev–Trinajstić information content (AvgIpc) is 3.17. The van der Waals surface area contributed by atoms with Gasteiger partial charge in [0.2, 0.25) is 0 Å². The van der Waals surface area contributed by atoms with Gasteiger partial charge in [0.1, 0.15) is 0 Å². The molecule has 2 spiro atoms. The third-order valence-corrected chi connectivity index (χ3v) is 17.5. The van der Waals surface area contributed by atoms with Crippen LogP contribution in [0.2, 0.25) is 0 Å². The van der Waals surface area contributed by atoms with Gasteiger partial charge in [-0.2, -0.15) is 0 Å². The normalized spacial score (nSPS) is 60.6. The molecular formula is C20H32N2Te. The van der Waals surface area contributed by atoms with Crippen molar-refractivity contribution in [1.82, 2.24) is 0 Å². The number of nitrogens with zero attached hydrogens (tertiary/aromatic N) is 2. The average molecular weight is 428 g/mol. The van der Waals surface area contributed by atoms with E-state index in [1.165, 1.54) is 38.5 Å². The summed E-state index contributed by atoms with van der Waals surface area (Å²) in [6.45, 7) is 15.3. The van der Waals surface area contributed by atoms with Crippen LogP contribution in [0.15, 0.2) is 10.2 Å².